The molecule has 0 spiro atoms. The summed E-state index contributed by atoms with van der Waals surface area (Å²) in [4.78, 5) is 29.1. The maximum atomic E-state index is 14.3. The van der Waals surface area contributed by atoms with Crippen molar-refractivity contribution in [1.82, 2.24) is 10.2 Å². The first kappa shape index (κ1) is 33.0. The number of likely N-dealkylation sites (N-methyl/N-ethyl adjacent to an activating group) is 1. The highest BCUT2D eigenvalue weighted by Gasteiger charge is 2.34. The molecule has 0 unspecified atom stereocenters. The van der Waals surface area contributed by atoms with E-state index in [2.05, 4.69) is 21.2 Å². The minimum absolute atomic E-state index is 0.0128. The van der Waals surface area contributed by atoms with Crippen molar-refractivity contribution in [2.24, 2.45) is 0 Å². The third-order valence-corrected chi connectivity index (χ3v) is 9.47. The van der Waals surface area contributed by atoms with Gasteiger partial charge >= 0.3 is 0 Å². The predicted molar refractivity (Wildman–Crippen MR) is 176 cm³/mol. The van der Waals surface area contributed by atoms with Crippen LogP contribution in [0.4, 0.5) is 5.69 Å². The van der Waals surface area contributed by atoms with E-state index < -0.39 is 28.5 Å². The van der Waals surface area contributed by atoms with E-state index in [9.17, 15) is 18.0 Å². The van der Waals surface area contributed by atoms with Crippen LogP contribution in [-0.4, -0.2) is 51.4 Å². The molecule has 8 nitrogen and oxygen atoms in total. The van der Waals surface area contributed by atoms with Gasteiger partial charge in [-0.3, -0.25) is 13.9 Å². The molecule has 0 aliphatic carbocycles. The molecule has 0 aromatic heterocycles. The second-order valence-corrected chi connectivity index (χ2v) is 13.1. The van der Waals surface area contributed by atoms with E-state index in [1.54, 1.807) is 60.7 Å². The average molecular weight is 699 g/mol. The highest BCUT2D eigenvalue weighted by molar-refractivity contribution is 9.10. The summed E-state index contributed by atoms with van der Waals surface area (Å²) >= 11 is 9.46. The number of amides is 2. The molecule has 0 saturated heterocycles. The molecule has 1 N–H and O–H groups in total. The van der Waals surface area contributed by atoms with Crippen molar-refractivity contribution in [3.63, 3.8) is 0 Å². The molecule has 4 aromatic carbocycles. The highest BCUT2D eigenvalue weighted by atomic mass is 79.9. The van der Waals surface area contributed by atoms with E-state index in [4.69, 9.17) is 16.3 Å². The number of sulfonamides is 1. The zero-order valence-corrected chi connectivity index (χ0v) is 27.5. The first-order chi connectivity index (χ1) is 21.1. The Morgan fingerprint density at radius 3 is 2.11 bits per heavy atom. The summed E-state index contributed by atoms with van der Waals surface area (Å²) in [6.07, 6.45) is 0.225. The Balaban J connectivity index is 1.78. The predicted octanol–water partition coefficient (Wildman–Crippen LogP) is 6.08. The Kier molecular flexibility index (Phi) is 11.4. The number of carbonyl (C=O) groups excluding carboxylic acids is 2. The molecule has 4 rings (SSSR count). The van der Waals surface area contributed by atoms with E-state index in [1.165, 1.54) is 24.1 Å². The fraction of sp³-hybridized carbons (Fsp3) is 0.212. The Labute approximate surface area is 271 Å². The summed E-state index contributed by atoms with van der Waals surface area (Å²) in [7, 11) is -2.70. The van der Waals surface area contributed by atoms with Gasteiger partial charge in [-0.2, -0.15) is 0 Å². The van der Waals surface area contributed by atoms with Gasteiger partial charge in [0.15, 0.2) is 0 Å². The lowest BCUT2D eigenvalue weighted by Crippen LogP contribution is -2.53. The molecule has 0 aliphatic heterocycles. The van der Waals surface area contributed by atoms with Gasteiger partial charge in [0, 0.05) is 29.5 Å². The number of anilines is 1. The topological polar surface area (TPSA) is 96.0 Å². The van der Waals surface area contributed by atoms with Crippen LogP contribution in [0.15, 0.2) is 112 Å². The molecule has 0 radical (unpaired) electrons. The Morgan fingerprint density at radius 2 is 1.52 bits per heavy atom. The van der Waals surface area contributed by atoms with Crippen LogP contribution >= 0.6 is 27.5 Å². The minimum Gasteiger partial charge on any atom is -0.494 e. The third kappa shape index (κ3) is 8.40. The van der Waals surface area contributed by atoms with Gasteiger partial charge in [0.05, 0.1) is 17.2 Å². The monoisotopic (exact) mass is 697 g/mol. The van der Waals surface area contributed by atoms with Crippen molar-refractivity contribution in [2.45, 2.75) is 30.8 Å². The van der Waals surface area contributed by atoms with Crippen LogP contribution in [0, 0.1) is 0 Å². The zero-order valence-electron chi connectivity index (χ0n) is 24.3. The molecule has 0 heterocycles. The molecule has 1 atom stereocenters. The first-order valence-electron chi connectivity index (χ1n) is 13.9. The van der Waals surface area contributed by atoms with Gasteiger partial charge in [0.1, 0.15) is 18.3 Å². The van der Waals surface area contributed by atoms with Crippen molar-refractivity contribution >= 4 is 55.1 Å². The van der Waals surface area contributed by atoms with E-state index >= 15 is 0 Å². The third-order valence-electron chi connectivity index (χ3n) is 6.90. The van der Waals surface area contributed by atoms with Gasteiger partial charge in [-0.1, -0.05) is 70.0 Å². The summed E-state index contributed by atoms with van der Waals surface area (Å²) in [6.45, 7) is 1.80. The number of nitrogens with one attached hydrogen (secondary N) is 1. The first-order valence-corrected chi connectivity index (χ1v) is 16.5. The maximum absolute atomic E-state index is 14.3. The van der Waals surface area contributed by atoms with Crippen molar-refractivity contribution < 1.29 is 22.7 Å². The highest BCUT2D eigenvalue weighted by Crippen LogP contribution is 2.28. The van der Waals surface area contributed by atoms with E-state index in [0.29, 0.717) is 21.9 Å². The fourth-order valence-corrected chi connectivity index (χ4v) is 6.45. The molecule has 0 bridgehead atoms. The van der Waals surface area contributed by atoms with Crippen molar-refractivity contribution in [3.05, 3.63) is 124 Å². The van der Waals surface area contributed by atoms with E-state index in [-0.39, 0.29) is 29.5 Å². The largest absolute Gasteiger partial charge is 0.494 e. The minimum atomic E-state index is -4.21. The number of hydrogen-bond donors (Lipinski definition) is 1. The van der Waals surface area contributed by atoms with Crippen LogP contribution in [0.2, 0.25) is 5.02 Å². The fourth-order valence-electron chi connectivity index (χ4n) is 4.64. The molecule has 230 valence electrons. The van der Waals surface area contributed by atoms with Gasteiger partial charge < -0.3 is 15.0 Å². The maximum Gasteiger partial charge on any atom is 0.264 e. The lowest BCUT2D eigenvalue weighted by atomic mass is 10.0. The molecule has 44 heavy (non-hydrogen) atoms. The van der Waals surface area contributed by atoms with Gasteiger partial charge in [0.2, 0.25) is 11.8 Å². The summed E-state index contributed by atoms with van der Waals surface area (Å²) in [5.41, 5.74) is 1.85. The van der Waals surface area contributed by atoms with Crippen LogP contribution in [0.1, 0.15) is 18.1 Å². The zero-order chi connectivity index (χ0) is 31.7. The smallest absolute Gasteiger partial charge is 0.264 e. The lowest BCUT2D eigenvalue weighted by molar-refractivity contribution is -0.139. The number of hydrogen-bond acceptors (Lipinski definition) is 5. The molecule has 2 amide bonds. The lowest BCUT2D eigenvalue weighted by Gasteiger charge is -2.33. The van der Waals surface area contributed by atoms with Crippen LogP contribution in [0.3, 0.4) is 0 Å². The van der Waals surface area contributed by atoms with Crippen molar-refractivity contribution in [2.75, 3.05) is 24.5 Å². The quantitative estimate of drug-likeness (QED) is 0.183. The average Bonchev–Trinajstić information content (AvgIpc) is 3.03. The molecular weight excluding hydrogens is 666 g/mol. The summed E-state index contributed by atoms with van der Waals surface area (Å²) in [5, 5.41) is 3.20. The molecule has 11 heteroatoms. The number of halogens is 2. The number of ether oxygens (including phenoxy) is 1. The van der Waals surface area contributed by atoms with Crippen LogP contribution in [-0.2, 0) is 32.6 Å². The molecule has 0 aliphatic rings. The summed E-state index contributed by atoms with van der Waals surface area (Å²) < 4.78 is 35.5. The Bertz CT molecular complexity index is 1650. The van der Waals surface area contributed by atoms with Crippen LogP contribution < -0.4 is 14.4 Å². The van der Waals surface area contributed by atoms with E-state index in [0.717, 1.165) is 15.4 Å². The summed E-state index contributed by atoms with van der Waals surface area (Å²) in [6, 6.07) is 28.1. The summed E-state index contributed by atoms with van der Waals surface area (Å²) in [5.74, 6) is -0.367. The van der Waals surface area contributed by atoms with Gasteiger partial charge in [0.25, 0.3) is 10.0 Å². The Hall–Kier alpha value is -3.86. The Morgan fingerprint density at radius 1 is 0.886 bits per heavy atom. The van der Waals surface area contributed by atoms with Crippen molar-refractivity contribution in [3.8, 4) is 5.75 Å². The number of nitrogens with zero attached hydrogens (tertiary/aromatic N) is 2. The number of benzene rings is 4. The normalized spacial score (nSPS) is 11.8. The second kappa shape index (κ2) is 15.2. The van der Waals surface area contributed by atoms with E-state index in [1.807, 2.05) is 37.3 Å². The van der Waals surface area contributed by atoms with Gasteiger partial charge in [-0.25, -0.2) is 8.42 Å². The van der Waals surface area contributed by atoms with Gasteiger partial charge in [-0.05, 0) is 78.7 Å². The number of rotatable bonds is 13. The van der Waals surface area contributed by atoms with Crippen molar-refractivity contribution in [1.29, 1.82) is 0 Å². The van der Waals surface area contributed by atoms with Crippen LogP contribution in [0.5, 0.6) is 5.75 Å². The second-order valence-electron chi connectivity index (χ2n) is 9.86. The molecule has 4 aromatic rings. The number of carbonyl (C=O) groups is 2. The van der Waals surface area contributed by atoms with Gasteiger partial charge in [-0.15, -0.1) is 0 Å². The van der Waals surface area contributed by atoms with Crippen LogP contribution in [0.25, 0.3) is 0 Å². The SMILES string of the molecule is CCOc1ccc(N(CC(=O)N(Cc2ccc(Cl)cc2)[C@@H](Cc2ccccc2)C(=O)NC)S(=O)(=O)c2ccc(Br)cc2)cc1. The standard InChI is InChI=1S/C33H33BrClN3O5S/c1-3-43-29-17-15-28(16-18-29)38(44(41,42)30-19-11-26(34)12-20-30)23-32(39)37(22-25-9-13-27(35)14-10-25)31(33(40)36-2)21-24-7-5-4-6-8-24/h4-20,31H,3,21-23H2,1-2H3,(H,36,40)/t31-/m0/s1. The molecular formula is C33H33BrClN3O5S. The molecule has 0 fully saturated rings. The molecule has 0 saturated carbocycles.